The van der Waals surface area contributed by atoms with Crippen LogP contribution in [-0.2, 0) is 32.1 Å². The number of alkyl carbamates (subject to hydrolysis) is 1. The molecule has 2 aromatic carbocycles. The summed E-state index contributed by atoms with van der Waals surface area (Å²) in [5, 5.41) is 14.3. The number of ether oxygens (including phenoxy) is 1. The molecule has 184 valence electrons. The zero-order valence-electron chi connectivity index (χ0n) is 19.5. The van der Waals surface area contributed by atoms with E-state index in [1.54, 1.807) is 12.1 Å². The van der Waals surface area contributed by atoms with E-state index in [4.69, 9.17) is 4.74 Å². The molecule has 0 heterocycles. The van der Waals surface area contributed by atoms with Gasteiger partial charge in [-0.25, -0.2) is 9.59 Å². The van der Waals surface area contributed by atoms with E-state index in [-0.39, 0.29) is 24.2 Å². The van der Waals surface area contributed by atoms with Crippen molar-refractivity contribution in [2.24, 2.45) is 5.92 Å². The Morgan fingerprint density at radius 3 is 1.85 bits per heavy atom. The maximum Gasteiger partial charge on any atom is 0.408 e. The van der Waals surface area contributed by atoms with Crippen molar-refractivity contribution in [1.29, 1.82) is 0 Å². The summed E-state index contributed by atoms with van der Waals surface area (Å²) >= 11 is 4.64. The average Bonchev–Trinajstić information content (AvgIpc) is 2.77. The van der Waals surface area contributed by atoms with Crippen molar-refractivity contribution in [3.05, 3.63) is 71.8 Å². The zero-order chi connectivity index (χ0) is 25.5. The number of aliphatic carboxylic acids is 1. The van der Waals surface area contributed by atoms with Gasteiger partial charge in [-0.15, -0.1) is 0 Å². The Balaban J connectivity index is 0.00000133. The standard InChI is InChI=1S/C23H28N2O5.C2H3ClO/c1-16(2)13-19(25-23(29)30-15-18-11-7-4-8-12-18)21(26)24-20(22(27)28)14-17-9-5-3-6-10-17;1-2(3)4/h3-12,16,19-20H,13-15H2,1-2H3,(H,24,26)(H,25,29)(H,27,28);1H3/t19-,20-;/m0./s1. The first-order valence-corrected chi connectivity index (χ1v) is 11.2. The van der Waals surface area contributed by atoms with E-state index in [9.17, 15) is 24.3 Å². The van der Waals surface area contributed by atoms with Gasteiger partial charge in [-0.3, -0.25) is 9.59 Å². The molecule has 0 bridgehead atoms. The van der Waals surface area contributed by atoms with Crippen LogP contribution in [-0.4, -0.2) is 40.4 Å². The number of halogens is 1. The van der Waals surface area contributed by atoms with Gasteiger partial charge in [0.15, 0.2) is 0 Å². The van der Waals surface area contributed by atoms with Crippen LogP contribution in [0.15, 0.2) is 60.7 Å². The van der Waals surface area contributed by atoms with Crippen LogP contribution in [0.2, 0.25) is 0 Å². The molecule has 2 rings (SSSR count). The van der Waals surface area contributed by atoms with E-state index in [2.05, 4.69) is 22.2 Å². The van der Waals surface area contributed by atoms with Crippen LogP contribution < -0.4 is 10.6 Å². The molecule has 0 aliphatic carbocycles. The van der Waals surface area contributed by atoms with E-state index >= 15 is 0 Å². The molecule has 0 aliphatic rings. The monoisotopic (exact) mass is 490 g/mol. The van der Waals surface area contributed by atoms with Crippen LogP contribution in [0.4, 0.5) is 4.79 Å². The fourth-order valence-corrected chi connectivity index (χ4v) is 2.93. The molecule has 0 saturated heterocycles. The molecule has 3 N–H and O–H groups in total. The summed E-state index contributed by atoms with van der Waals surface area (Å²) in [7, 11) is 0. The van der Waals surface area contributed by atoms with E-state index in [1.807, 2.05) is 62.4 Å². The molecule has 8 nitrogen and oxygen atoms in total. The molecular weight excluding hydrogens is 460 g/mol. The van der Waals surface area contributed by atoms with E-state index in [1.165, 1.54) is 6.92 Å². The van der Waals surface area contributed by atoms with E-state index in [0.717, 1.165) is 11.1 Å². The number of carboxylic acid groups (broad SMARTS) is 1. The van der Waals surface area contributed by atoms with Gasteiger partial charge in [0.05, 0.1) is 0 Å². The second-order valence-corrected chi connectivity index (χ2v) is 8.48. The third kappa shape index (κ3) is 12.6. The molecule has 2 aromatic rings. The molecule has 0 spiro atoms. The topological polar surface area (TPSA) is 122 Å². The van der Waals surface area contributed by atoms with Gasteiger partial charge in [0, 0.05) is 13.3 Å². The van der Waals surface area contributed by atoms with Gasteiger partial charge in [0.1, 0.15) is 18.7 Å². The highest BCUT2D eigenvalue weighted by Gasteiger charge is 2.27. The van der Waals surface area contributed by atoms with E-state index < -0.39 is 30.1 Å². The Morgan fingerprint density at radius 1 is 0.882 bits per heavy atom. The van der Waals surface area contributed by atoms with Gasteiger partial charge >= 0.3 is 12.1 Å². The van der Waals surface area contributed by atoms with Gasteiger partial charge in [0.2, 0.25) is 11.1 Å². The lowest BCUT2D eigenvalue weighted by atomic mass is 10.0. The van der Waals surface area contributed by atoms with Crippen molar-refractivity contribution in [2.75, 3.05) is 0 Å². The summed E-state index contributed by atoms with van der Waals surface area (Å²) in [5.74, 6) is -1.58. The second kappa shape index (κ2) is 15.4. The Bertz CT molecular complexity index is 918. The number of hydrogen-bond acceptors (Lipinski definition) is 5. The summed E-state index contributed by atoms with van der Waals surface area (Å²) in [4.78, 5) is 45.8. The van der Waals surface area contributed by atoms with Gasteiger partial charge < -0.3 is 20.5 Å². The predicted octanol–water partition coefficient (Wildman–Crippen LogP) is 3.91. The van der Waals surface area contributed by atoms with Crippen molar-refractivity contribution < 1.29 is 29.0 Å². The Labute approximate surface area is 204 Å². The number of benzene rings is 2. The van der Waals surface area contributed by atoms with Gasteiger partial charge in [-0.1, -0.05) is 74.5 Å². The van der Waals surface area contributed by atoms with Crippen molar-refractivity contribution in [1.82, 2.24) is 10.6 Å². The molecule has 2 atom stereocenters. The largest absolute Gasteiger partial charge is 0.480 e. The average molecular weight is 491 g/mol. The van der Waals surface area contributed by atoms with Crippen LogP contribution >= 0.6 is 11.6 Å². The molecule has 2 amide bonds. The van der Waals surface area contributed by atoms with Crippen molar-refractivity contribution in [3.63, 3.8) is 0 Å². The van der Waals surface area contributed by atoms with Crippen molar-refractivity contribution >= 4 is 34.8 Å². The number of carboxylic acids is 1. The quantitative estimate of drug-likeness (QED) is 0.434. The fraction of sp³-hybridized carbons (Fsp3) is 0.360. The number of carbonyl (C=O) groups excluding carboxylic acids is 3. The predicted molar refractivity (Wildman–Crippen MR) is 129 cm³/mol. The minimum absolute atomic E-state index is 0.0778. The minimum atomic E-state index is -1.14. The lowest BCUT2D eigenvalue weighted by molar-refractivity contribution is -0.142. The molecule has 0 aromatic heterocycles. The minimum Gasteiger partial charge on any atom is -0.480 e. The fourth-order valence-electron chi connectivity index (χ4n) is 2.93. The molecule has 9 heteroatoms. The third-order valence-corrected chi connectivity index (χ3v) is 4.43. The first-order valence-electron chi connectivity index (χ1n) is 10.8. The summed E-state index contributed by atoms with van der Waals surface area (Å²) in [5.41, 5.74) is 1.62. The Hall–Kier alpha value is -3.39. The zero-order valence-corrected chi connectivity index (χ0v) is 20.2. The van der Waals surface area contributed by atoms with Gasteiger partial charge in [0.25, 0.3) is 0 Å². The molecule has 0 radical (unpaired) electrons. The lowest BCUT2D eigenvalue weighted by Gasteiger charge is -2.22. The first kappa shape index (κ1) is 28.6. The Kier molecular flexibility index (Phi) is 13.0. The summed E-state index contributed by atoms with van der Waals surface area (Å²) < 4.78 is 5.19. The highest BCUT2D eigenvalue weighted by molar-refractivity contribution is 6.62. The highest BCUT2D eigenvalue weighted by Crippen LogP contribution is 2.09. The summed E-state index contributed by atoms with van der Waals surface area (Å²) in [6.07, 6.45) is -0.229. The molecule has 0 aliphatic heterocycles. The summed E-state index contributed by atoms with van der Waals surface area (Å²) in [6.45, 7) is 5.20. The lowest BCUT2D eigenvalue weighted by Crippen LogP contribution is -2.52. The van der Waals surface area contributed by atoms with Gasteiger partial charge in [-0.2, -0.15) is 0 Å². The summed E-state index contributed by atoms with van der Waals surface area (Å²) in [6, 6.07) is 16.2. The van der Waals surface area contributed by atoms with Crippen molar-refractivity contribution in [2.45, 2.75) is 52.3 Å². The smallest absolute Gasteiger partial charge is 0.408 e. The van der Waals surface area contributed by atoms with Crippen molar-refractivity contribution in [3.8, 4) is 0 Å². The first-order chi connectivity index (χ1) is 16.1. The number of carbonyl (C=O) groups is 4. The SMILES string of the molecule is CC(=O)Cl.CC(C)C[C@H](NC(=O)OCc1ccccc1)C(=O)N[C@@H](Cc1ccccc1)C(=O)O. The number of amides is 2. The van der Waals surface area contributed by atoms with Crippen LogP contribution in [0.5, 0.6) is 0 Å². The third-order valence-electron chi connectivity index (χ3n) is 4.43. The normalized spacial score (nSPS) is 11.9. The number of hydrogen-bond donors (Lipinski definition) is 3. The molecule has 0 saturated carbocycles. The van der Waals surface area contributed by atoms with Gasteiger partial charge in [-0.05, 0) is 35.1 Å². The van der Waals surface area contributed by atoms with Crippen LogP contribution in [0.1, 0.15) is 38.3 Å². The number of rotatable bonds is 10. The maximum atomic E-state index is 12.7. The maximum absolute atomic E-state index is 12.7. The molecule has 0 fully saturated rings. The highest BCUT2D eigenvalue weighted by atomic mass is 35.5. The number of nitrogens with one attached hydrogen (secondary N) is 2. The molecule has 34 heavy (non-hydrogen) atoms. The second-order valence-electron chi connectivity index (χ2n) is 7.95. The van der Waals surface area contributed by atoms with Crippen LogP contribution in [0, 0.1) is 5.92 Å². The Morgan fingerprint density at radius 2 is 1.38 bits per heavy atom. The molecular formula is C25H31ClN2O6. The van der Waals surface area contributed by atoms with E-state index in [0.29, 0.717) is 6.42 Å². The van der Waals surface area contributed by atoms with Crippen LogP contribution in [0.25, 0.3) is 0 Å². The molecule has 0 unspecified atom stereocenters. The van der Waals surface area contributed by atoms with Crippen LogP contribution in [0.3, 0.4) is 0 Å².